The van der Waals surface area contributed by atoms with Gasteiger partial charge in [-0.25, -0.2) is 0 Å². The first-order valence-electron chi connectivity index (χ1n) is 8.60. The summed E-state index contributed by atoms with van der Waals surface area (Å²) in [7, 11) is 0. The van der Waals surface area contributed by atoms with Gasteiger partial charge in [0.25, 0.3) is 0 Å². The van der Waals surface area contributed by atoms with Crippen LogP contribution in [0.3, 0.4) is 0 Å². The molecular formula is C19H21BNO3-. The number of nitrogens with zero attached hydrogens (tertiary/aromatic N) is 1. The van der Waals surface area contributed by atoms with Gasteiger partial charge in [0, 0.05) is 18.8 Å². The summed E-state index contributed by atoms with van der Waals surface area (Å²) in [5, 5.41) is 0. The molecule has 2 fully saturated rings. The van der Waals surface area contributed by atoms with Crippen LogP contribution in [0.5, 0.6) is 0 Å². The fraction of sp³-hybridized carbons (Fsp3) is 0.316. The van der Waals surface area contributed by atoms with Crippen molar-refractivity contribution in [2.75, 3.05) is 26.3 Å². The lowest BCUT2D eigenvalue weighted by Crippen LogP contribution is -2.53. The van der Waals surface area contributed by atoms with Crippen molar-refractivity contribution < 1.29 is 14.1 Å². The summed E-state index contributed by atoms with van der Waals surface area (Å²) in [6, 6.07) is 19.6. The van der Waals surface area contributed by atoms with Gasteiger partial charge in [0.05, 0.1) is 0 Å². The van der Waals surface area contributed by atoms with E-state index in [2.05, 4.69) is 16.9 Å². The Bertz CT molecular complexity index is 697. The van der Waals surface area contributed by atoms with Crippen LogP contribution in [0.15, 0.2) is 60.7 Å². The highest BCUT2D eigenvalue weighted by Gasteiger charge is 2.49. The average Bonchev–Trinajstić information content (AvgIpc) is 3.21. The van der Waals surface area contributed by atoms with Crippen LogP contribution in [-0.4, -0.2) is 43.6 Å². The molecule has 0 aliphatic carbocycles. The molecule has 0 aromatic heterocycles. The minimum absolute atomic E-state index is 0.0797. The molecule has 2 aliphatic heterocycles. The summed E-state index contributed by atoms with van der Waals surface area (Å²) in [6.45, 7) is 1.51. The molecule has 0 bridgehead atoms. The van der Waals surface area contributed by atoms with Gasteiger partial charge in [-0.1, -0.05) is 72.0 Å². The van der Waals surface area contributed by atoms with Gasteiger partial charge in [-0.3, -0.25) is 4.79 Å². The Kier molecular flexibility index (Phi) is 4.23. The minimum atomic E-state index is -1.59. The summed E-state index contributed by atoms with van der Waals surface area (Å²) in [5.41, 5.74) is 1.85. The fourth-order valence-electron chi connectivity index (χ4n) is 4.05. The van der Waals surface area contributed by atoms with E-state index in [1.807, 2.05) is 48.5 Å². The summed E-state index contributed by atoms with van der Waals surface area (Å²) in [5.74, 6) is 0.0514. The summed E-state index contributed by atoms with van der Waals surface area (Å²) in [4.78, 5) is 15.1. The fourth-order valence-corrected chi connectivity index (χ4v) is 4.05. The van der Waals surface area contributed by atoms with Crippen molar-refractivity contribution in [1.29, 1.82) is 0 Å². The lowest BCUT2D eigenvalue weighted by atomic mass is 9.53. The molecule has 4 nitrogen and oxygen atoms in total. The van der Waals surface area contributed by atoms with E-state index in [-0.39, 0.29) is 11.6 Å². The molecule has 0 spiro atoms. The normalized spacial score (nSPS) is 20.7. The van der Waals surface area contributed by atoms with Crippen molar-refractivity contribution in [1.82, 2.24) is 4.81 Å². The molecule has 1 unspecified atom stereocenters. The van der Waals surface area contributed by atoms with Crippen LogP contribution in [-0.2, 0) is 9.31 Å². The van der Waals surface area contributed by atoms with Gasteiger partial charge < -0.3 is 14.1 Å². The maximum atomic E-state index is 12.9. The van der Waals surface area contributed by atoms with Crippen LogP contribution < -0.4 is 0 Å². The minimum Gasteiger partial charge on any atom is -0.554 e. The molecule has 0 amide bonds. The van der Waals surface area contributed by atoms with E-state index in [4.69, 9.17) is 9.31 Å². The van der Waals surface area contributed by atoms with E-state index < -0.39 is 6.69 Å². The molecule has 0 saturated carbocycles. The Morgan fingerprint density at radius 3 is 2.17 bits per heavy atom. The van der Waals surface area contributed by atoms with Crippen LogP contribution in [0.4, 0.5) is 0 Å². The summed E-state index contributed by atoms with van der Waals surface area (Å²) < 4.78 is 12.3. The standard InChI is InChI=1S/C19H21BNO3/c22-19(17-9-5-2-6-10-17)15-18(16-7-3-1-4-8-16)20-21(11-13-23-20)12-14-24-20/h1-10,18H,11-15H2/q-1. The largest absolute Gasteiger partial charge is 0.554 e. The quantitative estimate of drug-likeness (QED) is 0.627. The maximum Gasteiger partial charge on any atom is 0.325 e. The van der Waals surface area contributed by atoms with Crippen molar-refractivity contribution in [2.45, 2.75) is 12.2 Å². The Morgan fingerprint density at radius 1 is 0.958 bits per heavy atom. The van der Waals surface area contributed by atoms with Crippen molar-refractivity contribution in [3.05, 3.63) is 71.8 Å². The Hall–Kier alpha value is -1.95. The van der Waals surface area contributed by atoms with Gasteiger partial charge in [-0.15, -0.1) is 0 Å². The monoisotopic (exact) mass is 322 g/mol. The molecule has 2 aromatic carbocycles. The van der Waals surface area contributed by atoms with Crippen molar-refractivity contribution >= 4 is 12.5 Å². The first-order chi connectivity index (χ1) is 11.8. The van der Waals surface area contributed by atoms with Gasteiger partial charge in [-0.2, -0.15) is 0 Å². The Balaban J connectivity index is 1.68. The number of fused-ring (bicyclic) bond motifs is 1. The van der Waals surface area contributed by atoms with Crippen molar-refractivity contribution in [2.24, 2.45) is 0 Å². The van der Waals surface area contributed by atoms with E-state index in [1.165, 1.54) is 0 Å². The predicted octanol–water partition coefficient (Wildman–Crippen LogP) is 2.88. The summed E-state index contributed by atoms with van der Waals surface area (Å²) in [6.07, 6.45) is 0.393. The third-order valence-corrected chi connectivity index (χ3v) is 5.22. The van der Waals surface area contributed by atoms with Crippen LogP contribution in [0, 0.1) is 0 Å². The number of ketones is 1. The molecule has 124 valence electrons. The van der Waals surface area contributed by atoms with Crippen molar-refractivity contribution in [3.63, 3.8) is 0 Å². The molecule has 2 aliphatic rings. The first kappa shape index (κ1) is 15.6. The lowest BCUT2D eigenvalue weighted by molar-refractivity contribution is 0.0970. The molecule has 2 heterocycles. The average molecular weight is 322 g/mol. The zero-order chi connectivity index (χ0) is 16.4. The zero-order valence-electron chi connectivity index (χ0n) is 13.6. The van der Waals surface area contributed by atoms with Gasteiger partial charge in [0.1, 0.15) is 0 Å². The number of carbonyl (C=O) groups is 1. The van der Waals surface area contributed by atoms with E-state index in [0.29, 0.717) is 19.6 Å². The number of hydrogen-bond acceptors (Lipinski definition) is 4. The lowest BCUT2D eigenvalue weighted by Gasteiger charge is -2.43. The van der Waals surface area contributed by atoms with Gasteiger partial charge in [-0.05, 0) is 19.5 Å². The van der Waals surface area contributed by atoms with Crippen LogP contribution >= 0.6 is 0 Å². The molecule has 2 aromatic rings. The summed E-state index contributed by atoms with van der Waals surface area (Å²) >= 11 is 0. The smallest absolute Gasteiger partial charge is 0.325 e. The molecular weight excluding hydrogens is 301 g/mol. The number of carbonyl (C=O) groups excluding carboxylic acids is 1. The third-order valence-electron chi connectivity index (χ3n) is 5.22. The van der Waals surface area contributed by atoms with E-state index in [1.54, 1.807) is 0 Å². The van der Waals surface area contributed by atoms with Crippen LogP contribution in [0.1, 0.15) is 28.2 Å². The highest BCUT2D eigenvalue weighted by atomic mass is 16.6. The molecule has 2 saturated heterocycles. The number of Topliss-reactive ketones (excluding diaryl/α,β-unsaturated/α-hetero) is 1. The van der Waals surface area contributed by atoms with Gasteiger partial charge in [0.15, 0.2) is 5.78 Å². The Labute approximate surface area is 142 Å². The first-order valence-corrected chi connectivity index (χ1v) is 8.60. The van der Waals surface area contributed by atoms with Crippen LogP contribution in [0.25, 0.3) is 0 Å². The van der Waals surface area contributed by atoms with E-state index in [0.717, 1.165) is 24.2 Å². The van der Waals surface area contributed by atoms with Crippen molar-refractivity contribution in [3.8, 4) is 0 Å². The molecule has 1 atom stereocenters. The molecule has 4 rings (SSSR count). The van der Waals surface area contributed by atoms with E-state index >= 15 is 0 Å². The molecule has 0 N–H and O–H groups in total. The number of rotatable bonds is 5. The molecule has 24 heavy (non-hydrogen) atoms. The highest BCUT2D eigenvalue weighted by Crippen LogP contribution is 2.40. The second-order valence-corrected chi connectivity index (χ2v) is 6.52. The van der Waals surface area contributed by atoms with Gasteiger partial charge in [0.2, 0.25) is 0 Å². The highest BCUT2D eigenvalue weighted by molar-refractivity contribution is 6.67. The topological polar surface area (TPSA) is 38.8 Å². The third kappa shape index (κ3) is 2.69. The maximum absolute atomic E-state index is 12.9. The van der Waals surface area contributed by atoms with E-state index in [9.17, 15) is 4.79 Å². The Morgan fingerprint density at radius 2 is 1.54 bits per heavy atom. The number of benzene rings is 2. The predicted molar refractivity (Wildman–Crippen MR) is 93.8 cm³/mol. The van der Waals surface area contributed by atoms with Crippen LogP contribution in [0.2, 0.25) is 0 Å². The SMILES string of the molecule is O=C(CC(c1ccccc1)[B-]12OCCN1CCO2)c1ccccc1. The van der Waals surface area contributed by atoms with Gasteiger partial charge >= 0.3 is 6.69 Å². The second kappa shape index (κ2) is 6.51. The number of hydrogen-bond donors (Lipinski definition) is 0. The zero-order valence-corrected chi connectivity index (χ0v) is 13.6. The second-order valence-electron chi connectivity index (χ2n) is 6.52. The molecule has 0 radical (unpaired) electrons. The molecule has 5 heteroatoms.